The van der Waals surface area contributed by atoms with Gasteiger partial charge in [0.15, 0.2) is 11.5 Å². The molecule has 4 rings (SSSR count). The third-order valence-corrected chi connectivity index (χ3v) is 6.42. The number of rotatable bonds is 10. The minimum absolute atomic E-state index is 0.00764. The molecule has 0 aliphatic carbocycles. The van der Waals surface area contributed by atoms with Crippen molar-refractivity contribution in [2.45, 2.75) is 19.6 Å². The van der Waals surface area contributed by atoms with Crippen LogP contribution in [0.1, 0.15) is 28.3 Å². The molecule has 3 aromatic rings. The molecule has 0 saturated carbocycles. The first-order valence-electron chi connectivity index (χ1n) is 12.2. The number of hydrogen-bond donors (Lipinski definition) is 1. The summed E-state index contributed by atoms with van der Waals surface area (Å²) in [5, 5.41) is 11.3. The Morgan fingerprint density at radius 2 is 1.66 bits per heavy atom. The fourth-order valence-electron chi connectivity index (χ4n) is 4.50. The number of likely N-dealkylation sites (tertiary alicyclic amines) is 1. The van der Waals surface area contributed by atoms with Crippen molar-refractivity contribution >= 4 is 17.4 Å². The van der Waals surface area contributed by atoms with Crippen molar-refractivity contribution in [3.05, 3.63) is 94.6 Å². The molecule has 198 valence electrons. The van der Waals surface area contributed by atoms with Crippen LogP contribution in [0.3, 0.4) is 0 Å². The third kappa shape index (κ3) is 5.50. The molecule has 1 aliphatic heterocycles. The van der Waals surface area contributed by atoms with Crippen molar-refractivity contribution in [2.24, 2.45) is 0 Å². The molecular weight excluding hydrogens is 486 g/mol. The topological polar surface area (TPSA) is 94.5 Å². The highest BCUT2D eigenvalue weighted by Gasteiger charge is 2.46. The summed E-state index contributed by atoms with van der Waals surface area (Å²) in [4.78, 5) is 27.6. The zero-order valence-corrected chi connectivity index (χ0v) is 21.9. The molecule has 1 N–H and O–H groups in total. The molecule has 0 spiro atoms. The van der Waals surface area contributed by atoms with Gasteiger partial charge in [-0.3, -0.25) is 9.59 Å². The van der Waals surface area contributed by atoms with Gasteiger partial charge in [-0.2, -0.15) is 0 Å². The molecule has 1 amide bonds. The van der Waals surface area contributed by atoms with E-state index in [1.54, 1.807) is 42.5 Å². The third-order valence-electron chi connectivity index (χ3n) is 6.42. The summed E-state index contributed by atoms with van der Waals surface area (Å²) in [7, 11) is 4.55. The van der Waals surface area contributed by atoms with Crippen molar-refractivity contribution in [3.8, 4) is 17.2 Å². The van der Waals surface area contributed by atoms with Crippen LogP contribution in [-0.4, -0.2) is 56.2 Å². The molecule has 0 aromatic heterocycles. The van der Waals surface area contributed by atoms with Crippen LogP contribution < -0.4 is 14.2 Å². The Balaban J connectivity index is 1.68. The van der Waals surface area contributed by atoms with E-state index in [1.165, 1.54) is 26.2 Å². The fourth-order valence-corrected chi connectivity index (χ4v) is 4.50. The second-order valence-electron chi connectivity index (χ2n) is 8.90. The standard InChI is InChI=1S/C30H31NO7/c1-19-6-5-7-20(16-19)18-38-23-11-8-21(9-12-23)28(32)26-27(31(14-15-35-2)30(34)29(26)33)22-10-13-24(36-3)25(17-22)37-4/h5-13,16-17,27,32H,14-15,18H2,1-4H3. The van der Waals surface area contributed by atoms with Gasteiger partial charge in [-0.25, -0.2) is 0 Å². The van der Waals surface area contributed by atoms with Crippen LogP contribution in [0.25, 0.3) is 5.76 Å². The van der Waals surface area contributed by atoms with E-state index in [2.05, 4.69) is 6.07 Å². The molecule has 0 radical (unpaired) electrons. The van der Waals surface area contributed by atoms with Gasteiger partial charge in [0.1, 0.15) is 18.1 Å². The van der Waals surface area contributed by atoms with E-state index in [-0.39, 0.29) is 24.5 Å². The number of carbonyl (C=O) groups is 2. The summed E-state index contributed by atoms with van der Waals surface area (Å²) in [6.45, 7) is 2.82. The molecule has 1 fully saturated rings. The Hall–Kier alpha value is -4.30. The molecule has 0 bridgehead atoms. The monoisotopic (exact) mass is 517 g/mol. The molecule has 3 aromatic carbocycles. The first-order chi connectivity index (χ1) is 18.4. The van der Waals surface area contributed by atoms with E-state index < -0.39 is 17.7 Å². The normalized spacial score (nSPS) is 16.5. The summed E-state index contributed by atoms with van der Waals surface area (Å²) in [6, 6.07) is 19.1. The van der Waals surface area contributed by atoms with Gasteiger partial charge in [-0.05, 0) is 54.4 Å². The smallest absolute Gasteiger partial charge is 0.295 e. The van der Waals surface area contributed by atoms with Crippen LogP contribution in [0.4, 0.5) is 0 Å². The summed E-state index contributed by atoms with van der Waals surface area (Å²) in [5.74, 6) is -0.184. The number of ether oxygens (including phenoxy) is 4. The summed E-state index contributed by atoms with van der Waals surface area (Å²) < 4.78 is 21.8. The number of amides is 1. The van der Waals surface area contributed by atoms with Crippen LogP contribution in [-0.2, 0) is 20.9 Å². The highest BCUT2D eigenvalue weighted by Crippen LogP contribution is 2.42. The Labute approximate surface area is 222 Å². The van der Waals surface area contributed by atoms with Gasteiger partial charge >= 0.3 is 0 Å². The number of methoxy groups -OCH3 is 3. The summed E-state index contributed by atoms with van der Waals surface area (Å²) in [5.41, 5.74) is 3.17. The molecule has 1 saturated heterocycles. The molecule has 1 unspecified atom stereocenters. The highest BCUT2D eigenvalue weighted by molar-refractivity contribution is 6.46. The first kappa shape index (κ1) is 26.8. The van der Waals surface area contributed by atoms with E-state index in [4.69, 9.17) is 18.9 Å². The van der Waals surface area contributed by atoms with E-state index in [0.29, 0.717) is 35.0 Å². The maximum atomic E-state index is 13.2. The number of aliphatic hydroxyl groups is 1. The van der Waals surface area contributed by atoms with Crippen LogP contribution >= 0.6 is 0 Å². The average molecular weight is 518 g/mol. The number of benzene rings is 3. The number of carbonyl (C=O) groups excluding carboxylic acids is 2. The van der Waals surface area contributed by atoms with Crippen LogP contribution in [0.5, 0.6) is 17.2 Å². The summed E-state index contributed by atoms with van der Waals surface area (Å²) >= 11 is 0. The van der Waals surface area contributed by atoms with Gasteiger partial charge in [0.05, 0.1) is 32.4 Å². The van der Waals surface area contributed by atoms with Crippen molar-refractivity contribution in [1.29, 1.82) is 0 Å². The lowest BCUT2D eigenvalue weighted by Crippen LogP contribution is -2.32. The van der Waals surface area contributed by atoms with Gasteiger partial charge in [0, 0.05) is 19.2 Å². The Bertz CT molecular complexity index is 1350. The largest absolute Gasteiger partial charge is 0.507 e. The number of nitrogens with zero attached hydrogens (tertiary/aromatic N) is 1. The zero-order valence-electron chi connectivity index (χ0n) is 21.9. The lowest BCUT2D eigenvalue weighted by atomic mass is 9.95. The SMILES string of the molecule is COCCN1C(=O)C(=O)C(=C(O)c2ccc(OCc3cccc(C)c3)cc2)C1c1ccc(OC)c(OC)c1. The van der Waals surface area contributed by atoms with Gasteiger partial charge in [0.25, 0.3) is 11.7 Å². The average Bonchev–Trinajstić information content (AvgIpc) is 3.19. The van der Waals surface area contributed by atoms with E-state index in [0.717, 1.165) is 11.1 Å². The Kier molecular flexibility index (Phi) is 8.33. The quantitative estimate of drug-likeness (QED) is 0.237. The molecule has 1 heterocycles. The number of aliphatic hydroxyl groups excluding tert-OH is 1. The van der Waals surface area contributed by atoms with Gasteiger partial charge in [-0.15, -0.1) is 0 Å². The van der Waals surface area contributed by atoms with Crippen LogP contribution in [0.2, 0.25) is 0 Å². The Morgan fingerprint density at radius 3 is 2.32 bits per heavy atom. The van der Waals surface area contributed by atoms with E-state index in [1.807, 2.05) is 25.1 Å². The van der Waals surface area contributed by atoms with Gasteiger partial charge in [-0.1, -0.05) is 35.9 Å². The molecular formula is C30H31NO7. The van der Waals surface area contributed by atoms with E-state index in [9.17, 15) is 14.7 Å². The predicted octanol–water partition coefficient (Wildman–Crippen LogP) is 4.66. The maximum Gasteiger partial charge on any atom is 0.295 e. The van der Waals surface area contributed by atoms with Gasteiger partial charge < -0.3 is 29.0 Å². The molecule has 38 heavy (non-hydrogen) atoms. The second-order valence-corrected chi connectivity index (χ2v) is 8.90. The van der Waals surface area contributed by atoms with Crippen LogP contribution in [0.15, 0.2) is 72.3 Å². The molecule has 8 heteroatoms. The summed E-state index contributed by atoms with van der Waals surface area (Å²) in [6.07, 6.45) is 0. The van der Waals surface area contributed by atoms with Gasteiger partial charge in [0.2, 0.25) is 0 Å². The number of Topliss-reactive ketones (excluding diaryl/α,β-unsaturated/α-hetero) is 1. The molecule has 8 nitrogen and oxygen atoms in total. The number of ketones is 1. The van der Waals surface area contributed by atoms with Crippen molar-refractivity contribution < 1.29 is 33.6 Å². The number of hydrogen-bond acceptors (Lipinski definition) is 7. The highest BCUT2D eigenvalue weighted by atomic mass is 16.5. The minimum Gasteiger partial charge on any atom is -0.507 e. The second kappa shape index (κ2) is 11.8. The van der Waals surface area contributed by atoms with E-state index >= 15 is 0 Å². The van der Waals surface area contributed by atoms with Crippen molar-refractivity contribution in [1.82, 2.24) is 4.90 Å². The van der Waals surface area contributed by atoms with Crippen molar-refractivity contribution in [2.75, 3.05) is 34.5 Å². The van der Waals surface area contributed by atoms with Crippen molar-refractivity contribution in [3.63, 3.8) is 0 Å². The fraction of sp³-hybridized carbons (Fsp3) is 0.267. The molecule has 1 atom stereocenters. The lowest BCUT2D eigenvalue weighted by molar-refractivity contribution is -0.140. The Morgan fingerprint density at radius 1 is 0.921 bits per heavy atom. The minimum atomic E-state index is -0.831. The predicted molar refractivity (Wildman–Crippen MR) is 142 cm³/mol. The maximum absolute atomic E-state index is 13.2. The zero-order chi connectivity index (χ0) is 27.2. The molecule has 1 aliphatic rings. The van der Waals surface area contributed by atoms with Crippen LogP contribution in [0, 0.1) is 6.92 Å². The lowest BCUT2D eigenvalue weighted by Gasteiger charge is -2.25. The first-order valence-corrected chi connectivity index (χ1v) is 12.2. The number of aryl methyl sites for hydroxylation is 1.